The van der Waals surface area contributed by atoms with Crippen molar-refractivity contribution in [3.05, 3.63) is 0 Å². The van der Waals surface area contributed by atoms with Crippen molar-refractivity contribution in [2.45, 2.75) is 39.7 Å². The maximum absolute atomic E-state index is 11.7. The first-order valence-corrected chi connectivity index (χ1v) is 5.43. The first-order chi connectivity index (χ1) is 7.43. The van der Waals surface area contributed by atoms with Gasteiger partial charge in [0.25, 0.3) is 0 Å². The van der Waals surface area contributed by atoms with Gasteiger partial charge in [-0.1, -0.05) is 33.1 Å². The van der Waals surface area contributed by atoms with Gasteiger partial charge >= 0.3 is 5.97 Å². The van der Waals surface area contributed by atoms with Gasteiger partial charge in [0.05, 0.1) is 12.0 Å². The molecule has 4 nitrogen and oxygen atoms in total. The highest BCUT2D eigenvalue weighted by Gasteiger charge is 2.26. The first-order valence-electron chi connectivity index (χ1n) is 5.43. The number of terminal acetylenes is 1. The summed E-state index contributed by atoms with van der Waals surface area (Å²) in [7, 11) is 0. The van der Waals surface area contributed by atoms with Gasteiger partial charge in [-0.25, -0.2) is 0 Å². The van der Waals surface area contributed by atoms with Gasteiger partial charge in [-0.05, 0) is 6.42 Å². The first kappa shape index (κ1) is 14.5. The lowest BCUT2D eigenvalue weighted by molar-refractivity contribution is -0.146. The molecule has 0 bridgehead atoms. The van der Waals surface area contributed by atoms with Crippen LogP contribution in [0.15, 0.2) is 0 Å². The zero-order valence-corrected chi connectivity index (χ0v) is 9.99. The van der Waals surface area contributed by atoms with Gasteiger partial charge in [0.15, 0.2) is 0 Å². The van der Waals surface area contributed by atoms with Gasteiger partial charge < -0.3 is 10.4 Å². The summed E-state index contributed by atoms with van der Waals surface area (Å²) in [5, 5.41) is 11.4. The molecule has 0 saturated heterocycles. The van der Waals surface area contributed by atoms with E-state index in [0.717, 1.165) is 6.42 Å². The van der Waals surface area contributed by atoms with E-state index >= 15 is 0 Å². The zero-order chi connectivity index (χ0) is 12.7. The lowest BCUT2D eigenvalue weighted by Crippen LogP contribution is -2.40. The van der Waals surface area contributed by atoms with Gasteiger partial charge in [-0.15, -0.1) is 6.42 Å². The lowest BCUT2D eigenvalue weighted by Gasteiger charge is -2.18. The van der Waals surface area contributed by atoms with Gasteiger partial charge in [-0.2, -0.15) is 0 Å². The van der Waals surface area contributed by atoms with Crippen LogP contribution >= 0.6 is 0 Å². The second-order valence-electron chi connectivity index (χ2n) is 3.93. The quantitative estimate of drug-likeness (QED) is 0.669. The lowest BCUT2D eigenvalue weighted by atomic mass is 9.95. The van der Waals surface area contributed by atoms with Crippen molar-refractivity contribution in [3.8, 4) is 12.3 Å². The number of amides is 1. The molecule has 2 N–H and O–H groups in total. The summed E-state index contributed by atoms with van der Waals surface area (Å²) in [6, 6.07) is -0.305. The van der Waals surface area contributed by atoms with Crippen LogP contribution < -0.4 is 5.32 Å². The highest BCUT2D eigenvalue weighted by atomic mass is 16.4. The molecule has 0 aromatic rings. The van der Waals surface area contributed by atoms with E-state index in [1.807, 2.05) is 6.92 Å². The molecular formula is C12H19NO3. The van der Waals surface area contributed by atoms with Crippen molar-refractivity contribution in [2.75, 3.05) is 0 Å². The van der Waals surface area contributed by atoms with E-state index in [1.54, 1.807) is 6.92 Å². The average Bonchev–Trinajstić information content (AvgIpc) is 2.25. The summed E-state index contributed by atoms with van der Waals surface area (Å²) in [5.74, 6) is -0.0855. The fourth-order valence-corrected chi connectivity index (χ4v) is 1.23. The van der Waals surface area contributed by atoms with Crippen molar-refractivity contribution < 1.29 is 14.7 Å². The van der Waals surface area contributed by atoms with Crippen LogP contribution in [0.3, 0.4) is 0 Å². The molecule has 0 radical (unpaired) electrons. The van der Waals surface area contributed by atoms with Crippen LogP contribution in [0.2, 0.25) is 0 Å². The molecule has 4 heteroatoms. The third-order valence-electron chi connectivity index (χ3n) is 2.65. The average molecular weight is 225 g/mol. The molecule has 0 heterocycles. The molecular weight excluding hydrogens is 206 g/mol. The summed E-state index contributed by atoms with van der Waals surface area (Å²) in [6.45, 7) is 5.07. The van der Waals surface area contributed by atoms with Gasteiger partial charge in [0.2, 0.25) is 5.91 Å². The fraction of sp³-hybridized carbons (Fsp3) is 0.667. The Morgan fingerprint density at radius 2 is 1.94 bits per heavy atom. The summed E-state index contributed by atoms with van der Waals surface area (Å²) in [4.78, 5) is 22.4. The number of carboxylic acid groups (broad SMARTS) is 1. The van der Waals surface area contributed by atoms with Crippen molar-refractivity contribution in [2.24, 2.45) is 11.8 Å². The standard InChI is InChI=1S/C12H19NO3/c1-5-7-10(6-2)13-11(14)8(3)9(4)12(15)16/h2,8-10H,5,7H2,1,3-4H3,(H,13,14)(H,15,16). The predicted octanol–water partition coefficient (Wildman–Crippen LogP) is 1.26. The maximum Gasteiger partial charge on any atom is 0.307 e. The largest absolute Gasteiger partial charge is 0.481 e. The Morgan fingerprint density at radius 3 is 2.31 bits per heavy atom. The molecule has 0 fully saturated rings. The zero-order valence-electron chi connectivity index (χ0n) is 9.99. The number of nitrogens with one attached hydrogen (secondary N) is 1. The smallest absolute Gasteiger partial charge is 0.307 e. The topological polar surface area (TPSA) is 66.4 Å². The number of carbonyl (C=O) groups excluding carboxylic acids is 1. The molecule has 0 aliphatic carbocycles. The third kappa shape index (κ3) is 4.35. The molecule has 0 aromatic heterocycles. The Bertz CT molecular complexity index is 293. The summed E-state index contributed by atoms with van der Waals surface area (Å²) in [6.07, 6.45) is 6.84. The number of carboxylic acids is 1. The third-order valence-corrected chi connectivity index (χ3v) is 2.65. The van der Waals surface area contributed by atoms with Crippen LogP contribution in [-0.4, -0.2) is 23.0 Å². The Morgan fingerprint density at radius 1 is 1.38 bits per heavy atom. The Labute approximate surface area is 96.4 Å². The van der Waals surface area contributed by atoms with E-state index in [9.17, 15) is 9.59 Å². The van der Waals surface area contributed by atoms with Crippen LogP contribution in [0.4, 0.5) is 0 Å². The number of hydrogen-bond acceptors (Lipinski definition) is 2. The van der Waals surface area contributed by atoms with E-state index in [0.29, 0.717) is 6.42 Å². The van der Waals surface area contributed by atoms with E-state index in [2.05, 4.69) is 11.2 Å². The van der Waals surface area contributed by atoms with E-state index < -0.39 is 17.8 Å². The summed E-state index contributed by atoms with van der Waals surface area (Å²) in [5.41, 5.74) is 0. The van der Waals surface area contributed by atoms with Crippen LogP contribution in [0, 0.1) is 24.2 Å². The van der Waals surface area contributed by atoms with Crippen molar-refractivity contribution in [1.82, 2.24) is 5.32 Å². The maximum atomic E-state index is 11.7. The number of aliphatic carboxylic acids is 1. The molecule has 0 aliphatic rings. The van der Waals surface area contributed by atoms with Crippen LogP contribution in [0.5, 0.6) is 0 Å². The molecule has 3 unspecified atom stereocenters. The van der Waals surface area contributed by atoms with E-state index in [-0.39, 0.29) is 11.9 Å². The second kappa shape index (κ2) is 6.89. The molecule has 16 heavy (non-hydrogen) atoms. The highest BCUT2D eigenvalue weighted by Crippen LogP contribution is 2.11. The van der Waals surface area contributed by atoms with E-state index in [4.69, 9.17) is 11.5 Å². The predicted molar refractivity (Wildman–Crippen MR) is 61.6 cm³/mol. The molecule has 90 valence electrons. The van der Waals surface area contributed by atoms with Crippen LogP contribution in [0.25, 0.3) is 0 Å². The molecule has 0 aliphatic heterocycles. The van der Waals surface area contributed by atoms with Crippen molar-refractivity contribution >= 4 is 11.9 Å². The number of carbonyl (C=O) groups is 2. The van der Waals surface area contributed by atoms with E-state index in [1.165, 1.54) is 6.92 Å². The Hall–Kier alpha value is -1.50. The normalized spacial score (nSPS) is 15.6. The Balaban J connectivity index is 4.35. The van der Waals surface area contributed by atoms with Crippen LogP contribution in [0.1, 0.15) is 33.6 Å². The number of hydrogen-bond donors (Lipinski definition) is 2. The summed E-state index contributed by atoms with van der Waals surface area (Å²) < 4.78 is 0. The second-order valence-corrected chi connectivity index (χ2v) is 3.93. The SMILES string of the molecule is C#CC(CCC)NC(=O)C(C)C(C)C(=O)O. The fourth-order valence-electron chi connectivity index (χ4n) is 1.23. The van der Waals surface area contributed by atoms with Crippen molar-refractivity contribution in [1.29, 1.82) is 0 Å². The molecule has 0 rings (SSSR count). The van der Waals surface area contributed by atoms with Gasteiger partial charge in [-0.3, -0.25) is 9.59 Å². The molecule has 3 atom stereocenters. The van der Waals surface area contributed by atoms with Crippen LogP contribution in [-0.2, 0) is 9.59 Å². The monoisotopic (exact) mass is 225 g/mol. The number of rotatable bonds is 6. The minimum absolute atomic E-state index is 0.300. The molecule has 1 amide bonds. The minimum atomic E-state index is -0.976. The highest BCUT2D eigenvalue weighted by molar-refractivity contribution is 5.84. The molecule has 0 spiro atoms. The van der Waals surface area contributed by atoms with Crippen molar-refractivity contribution in [3.63, 3.8) is 0 Å². The van der Waals surface area contributed by atoms with Gasteiger partial charge in [0, 0.05) is 5.92 Å². The van der Waals surface area contributed by atoms with Gasteiger partial charge in [0.1, 0.15) is 0 Å². The molecule has 0 saturated carbocycles. The molecule has 0 aromatic carbocycles. The summed E-state index contributed by atoms with van der Waals surface area (Å²) >= 11 is 0. The Kier molecular flexibility index (Phi) is 6.24. The minimum Gasteiger partial charge on any atom is -0.481 e.